The van der Waals surface area contributed by atoms with Gasteiger partial charge in [0.05, 0.1) is 7.11 Å². The Kier molecular flexibility index (Phi) is 5.39. The van der Waals surface area contributed by atoms with Crippen molar-refractivity contribution in [3.63, 3.8) is 0 Å². The Morgan fingerprint density at radius 1 is 1.36 bits per heavy atom. The van der Waals surface area contributed by atoms with Crippen LogP contribution in [0.1, 0.15) is 12.2 Å². The van der Waals surface area contributed by atoms with Gasteiger partial charge >= 0.3 is 0 Å². The van der Waals surface area contributed by atoms with Crippen LogP contribution in [0.15, 0.2) is 52.4 Å². The van der Waals surface area contributed by atoms with Gasteiger partial charge in [0.15, 0.2) is 11.0 Å². The lowest BCUT2D eigenvalue weighted by molar-refractivity contribution is -0.115. The van der Waals surface area contributed by atoms with Crippen LogP contribution in [-0.4, -0.2) is 33.5 Å². The molecule has 25 heavy (non-hydrogen) atoms. The van der Waals surface area contributed by atoms with Crippen LogP contribution in [0, 0.1) is 6.92 Å². The minimum Gasteiger partial charge on any atom is -0.497 e. The number of amides is 1. The topological polar surface area (TPSA) is 82.2 Å². The van der Waals surface area contributed by atoms with E-state index in [1.54, 1.807) is 26.3 Å². The zero-order valence-electron chi connectivity index (χ0n) is 13.9. The number of carbonyl (C=O) groups is 1. The maximum Gasteiger partial charge on any atom is 0.226 e. The van der Waals surface area contributed by atoms with Crippen molar-refractivity contribution < 1.29 is 14.1 Å². The minimum atomic E-state index is -0.108. The molecular formula is C17H18N4O3S. The van der Waals surface area contributed by atoms with Crippen LogP contribution >= 0.6 is 11.8 Å². The molecule has 8 heteroatoms. The Bertz CT molecular complexity index is 842. The van der Waals surface area contributed by atoms with Crippen molar-refractivity contribution in [2.24, 2.45) is 0 Å². The molecule has 1 amide bonds. The average Bonchev–Trinajstić information content (AvgIpc) is 3.24. The summed E-state index contributed by atoms with van der Waals surface area (Å²) in [6, 6.07) is 9.41. The molecule has 0 aliphatic carbocycles. The fourth-order valence-corrected chi connectivity index (χ4v) is 3.11. The largest absolute Gasteiger partial charge is 0.497 e. The van der Waals surface area contributed by atoms with E-state index in [4.69, 9.17) is 9.26 Å². The van der Waals surface area contributed by atoms with Crippen LogP contribution in [0.5, 0.6) is 5.75 Å². The van der Waals surface area contributed by atoms with Crippen molar-refractivity contribution >= 4 is 23.5 Å². The average molecular weight is 358 g/mol. The van der Waals surface area contributed by atoms with Crippen LogP contribution < -0.4 is 10.1 Å². The molecule has 2 aromatic heterocycles. The first-order chi connectivity index (χ1) is 12.2. The molecule has 0 spiro atoms. The first kappa shape index (κ1) is 17.1. The van der Waals surface area contributed by atoms with Crippen molar-refractivity contribution in [2.75, 3.05) is 18.2 Å². The van der Waals surface area contributed by atoms with Gasteiger partial charge in [-0.1, -0.05) is 16.9 Å². The lowest BCUT2D eigenvalue weighted by atomic mass is 10.3. The zero-order chi connectivity index (χ0) is 17.6. The zero-order valence-corrected chi connectivity index (χ0v) is 14.7. The van der Waals surface area contributed by atoms with Crippen LogP contribution in [0.2, 0.25) is 0 Å². The summed E-state index contributed by atoms with van der Waals surface area (Å²) in [6.07, 6.45) is 3.99. The number of nitrogens with one attached hydrogen (secondary N) is 1. The number of nitrogens with zero attached hydrogens (tertiary/aromatic N) is 3. The molecular weight excluding hydrogens is 340 g/mol. The molecule has 0 saturated heterocycles. The molecule has 0 bridgehead atoms. The maximum atomic E-state index is 11.9. The van der Waals surface area contributed by atoms with Crippen LogP contribution in [0.4, 0.5) is 5.82 Å². The van der Waals surface area contributed by atoms with Gasteiger partial charge in [0, 0.05) is 36.3 Å². The lowest BCUT2D eigenvalue weighted by Crippen LogP contribution is -2.12. The van der Waals surface area contributed by atoms with Crippen molar-refractivity contribution in [2.45, 2.75) is 18.5 Å². The molecule has 0 aliphatic rings. The number of ether oxygens (including phenoxy) is 1. The smallest absolute Gasteiger partial charge is 0.226 e. The highest BCUT2D eigenvalue weighted by Crippen LogP contribution is 2.22. The molecule has 0 saturated carbocycles. The Labute approximate surface area is 149 Å². The highest BCUT2D eigenvalue weighted by atomic mass is 32.2. The predicted octanol–water partition coefficient (Wildman–Crippen LogP) is 3.30. The Balaban J connectivity index is 1.55. The normalized spacial score (nSPS) is 10.6. The number of carbonyl (C=O) groups excluding carboxylic acids is 1. The third-order valence-electron chi connectivity index (χ3n) is 3.41. The molecule has 1 N–H and O–H groups in total. The van der Waals surface area contributed by atoms with E-state index in [0.29, 0.717) is 23.8 Å². The van der Waals surface area contributed by atoms with E-state index in [0.717, 1.165) is 16.6 Å². The van der Waals surface area contributed by atoms with Gasteiger partial charge in [-0.15, -0.1) is 0 Å². The summed E-state index contributed by atoms with van der Waals surface area (Å²) in [6.45, 7) is 1.78. The summed E-state index contributed by atoms with van der Waals surface area (Å²) < 4.78 is 12.1. The molecule has 1 aromatic carbocycles. The summed E-state index contributed by atoms with van der Waals surface area (Å²) in [5.74, 6) is 2.40. The number of hydrogen-bond acceptors (Lipinski definition) is 6. The van der Waals surface area contributed by atoms with E-state index in [1.807, 2.05) is 35.0 Å². The number of anilines is 1. The summed E-state index contributed by atoms with van der Waals surface area (Å²) in [4.78, 5) is 16.3. The van der Waals surface area contributed by atoms with Crippen molar-refractivity contribution in [3.05, 3.63) is 48.5 Å². The van der Waals surface area contributed by atoms with Gasteiger partial charge in [0.25, 0.3) is 0 Å². The molecule has 3 rings (SSSR count). The number of methoxy groups -OCH3 is 1. The lowest BCUT2D eigenvalue weighted by Gasteiger charge is -2.08. The quantitative estimate of drug-likeness (QED) is 0.653. The number of benzene rings is 1. The van der Waals surface area contributed by atoms with Gasteiger partial charge in [-0.25, -0.2) is 4.98 Å². The van der Waals surface area contributed by atoms with Crippen LogP contribution in [0.25, 0.3) is 5.69 Å². The summed E-state index contributed by atoms with van der Waals surface area (Å²) in [5, 5.41) is 7.27. The van der Waals surface area contributed by atoms with E-state index < -0.39 is 0 Å². The Hall–Kier alpha value is -2.74. The summed E-state index contributed by atoms with van der Waals surface area (Å²) >= 11 is 1.52. The van der Waals surface area contributed by atoms with Gasteiger partial charge in [-0.3, -0.25) is 9.36 Å². The standard InChI is InChI=1S/C17H18N4O3S/c1-12-11-15(20-24-12)19-16(22)7-10-25-17-18-8-9-21(17)13-3-5-14(23-2)6-4-13/h3-6,8-9,11H,7,10H2,1-2H3,(H,19,20,22). The van der Waals surface area contributed by atoms with E-state index in [-0.39, 0.29) is 5.91 Å². The van der Waals surface area contributed by atoms with Crippen LogP contribution in [-0.2, 0) is 4.79 Å². The highest BCUT2D eigenvalue weighted by molar-refractivity contribution is 7.99. The predicted molar refractivity (Wildman–Crippen MR) is 95.3 cm³/mol. The van der Waals surface area contributed by atoms with E-state index >= 15 is 0 Å². The highest BCUT2D eigenvalue weighted by Gasteiger charge is 2.09. The third-order valence-corrected chi connectivity index (χ3v) is 4.38. The van der Waals surface area contributed by atoms with Gasteiger partial charge in [0.1, 0.15) is 11.5 Å². The second kappa shape index (κ2) is 7.89. The summed E-state index contributed by atoms with van der Waals surface area (Å²) in [7, 11) is 1.64. The molecule has 130 valence electrons. The first-order valence-electron chi connectivity index (χ1n) is 7.69. The molecule has 0 unspecified atom stereocenters. The first-order valence-corrected chi connectivity index (χ1v) is 8.68. The second-order valence-corrected chi connectivity index (χ2v) is 6.31. The van der Waals surface area contributed by atoms with Crippen molar-refractivity contribution in [1.82, 2.24) is 14.7 Å². The maximum absolute atomic E-state index is 11.9. The molecule has 0 radical (unpaired) electrons. The minimum absolute atomic E-state index is 0.108. The van der Waals surface area contributed by atoms with Crippen molar-refractivity contribution in [1.29, 1.82) is 0 Å². The summed E-state index contributed by atoms with van der Waals surface area (Å²) in [5.41, 5.74) is 0.989. The fraction of sp³-hybridized carbons (Fsp3) is 0.235. The number of hydrogen-bond donors (Lipinski definition) is 1. The van der Waals surface area contributed by atoms with Gasteiger partial charge in [-0.2, -0.15) is 0 Å². The Morgan fingerprint density at radius 2 is 2.16 bits per heavy atom. The molecule has 3 aromatic rings. The monoisotopic (exact) mass is 358 g/mol. The van der Waals surface area contributed by atoms with Crippen molar-refractivity contribution in [3.8, 4) is 11.4 Å². The van der Waals surface area contributed by atoms with E-state index in [1.165, 1.54) is 11.8 Å². The number of rotatable bonds is 7. The fourth-order valence-electron chi connectivity index (χ4n) is 2.20. The molecule has 0 aliphatic heterocycles. The van der Waals surface area contributed by atoms with Crippen LogP contribution in [0.3, 0.4) is 0 Å². The van der Waals surface area contributed by atoms with E-state index in [2.05, 4.69) is 15.5 Å². The number of thioether (sulfide) groups is 1. The second-order valence-electron chi connectivity index (χ2n) is 5.25. The number of aromatic nitrogens is 3. The van der Waals surface area contributed by atoms with E-state index in [9.17, 15) is 4.79 Å². The molecule has 2 heterocycles. The van der Waals surface area contributed by atoms with Gasteiger partial charge in [-0.05, 0) is 31.2 Å². The number of imidazole rings is 1. The Morgan fingerprint density at radius 3 is 2.84 bits per heavy atom. The molecule has 0 atom stereocenters. The third kappa shape index (κ3) is 4.42. The number of aryl methyl sites for hydroxylation is 1. The molecule has 7 nitrogen and oxygen atoms in total. The molecule has 0 fully saturated rings. The van der Waals surface area contributed by atoms with Gasteiger partial charge < -0.3 is 14.6 Å². The SMILES string of the molecule is COc1ccc(-n2ccnc2SCCC(=O)Nc2cc(C)on2)cc1. The van der Waals surface area contributed by atoms with Gasteiger partial charge in [0.2, 0.25) is 5.91 Å².